The second-order valence-corrected chi connectivity index (χ2v) is 5.84. The van der Waals surface area contributed by atoms with Gasteiger partial charge in [-0.25, -0.2) is 0 Å². The molecule has 1 aliphatic rings. The van der Waals surface area contributed by atoms with Crippen molar-refractivity contribution in [2.24, 2.45) is 0 Å². The topological polar surface area (TPSA) is 43.4 Å². The number of rotatable bonds is 2. The highest BCUT2D eigenvalue weighted by atomic mass is 16.6. The van der Waals surface area contributed by atoms with Gasteiger partial charge in [0.05, 0.1) is 0 Å². The van der Waals surface area contributed by atoms with Crippen LogP contribution in [0, 0.1) is 0 Å². The van der Waals surface area contributed by atoms with Crippen molar-refractivity contribution in [3.63, 3.8) is 0 Å². The molecule has 2 rings (SSSR count). The zero-order chi connectivity index (χ0) is 13.4. The van der Waals surface area contributed by atoms with Gasteiger partial charge in [0.15, 0.2) is 0 Å². The number of hydrogen-bond acceptors (Lipinski definition) is 3. The predicted octanol–water partition coefficient (Wildman–Crippen LogP) is 2.63. The van der Waals surface area contributed by atoms with Gasteiger partial charge in [-0.15, -0.1) is 0 Å². The highest BCUT2D eigenvalue weighted by Gasteiger charge is 2.53. The van der Waals surface area contributed by atoms with Gasteiger partial charge in [-0.3, -0.25) is 9.59 Å². The van der Waals surface area contributed by atoms with Gasteiger partial charge in [0.25, 0.3) is 0 Å². The fourth-order valence-electron chi connectivity index (χ4n) is 2.22. The van der Waals surface area contributed by atoms with E-state index in [1.54, 1.807) is 0 Å². The first-order chi connectivity index (χ1) is 8.33. The normalized spacial score (nSPS) is 18.1. The Hall–Kier alpha value is -1.64. The minimum Gasteiger partial charge on any atom is -0.459 e. The monoisotopic (exact) mass is 246 g/mol. The molecule has 0 aromatic heterocycles. The van der Waals surface area contributed by atoms with E-state index >= 15 is 0 Å². The van der Waals surface area contributed by atoms with Crippen LogP contribution in [-0.4, -0.2) is 17.4 Å². The molecular formula is C15H18O3. The number of hydrogen-bond donors (Lipinski definition) is 0. The third kappa shape index (κ3) is 2.30. The van der Waals surface area contributed by atoms with Crippen LogP contribution >= 0.6 is 0 Å². The third-order valence-electron chi connectivity index (χ3n) is 3.11. The Morgan fingerprint density at radius 2 is 1.72 bits per heavy atom. The Bertz CT molecular complexity index is 460. The van der Waals surface area contributed by atoms with Crippen molar-refractivity contribution in [1.29, 1.82) is 0 Å². The Labute approximate surface area is 107 Å². The fourth-order valence-corrected chi connectivity index (χ4v) is 2.22. The minimum absolute atomic E-state index is 0.115. The first kappa shape index (κ1) is 12.8. The van der Waals surface area contributed by atoms with Crippen molar-refractivity contribution >= 4 is 11.8 Å². The highest BCUT2D eigenvalue weighted by Crippen LogP contribution is 2.43. The zero-order valence-electron chi connectivity index (χ0n) is 11.0. The van der Waals surface area contributed by atoms with Crippen LogP contribution in [-0.2, 0) is 19.7 Å². The van der Waals surface area contributed by atoms with Crippen LogP contribution in [0.3, 0.4) is 0 Å². The molecule has 0 heterocycles. The number of carbonyl (C=O) groups is 2. The summed E-state index contributed by atoms with van der Waals surface area (Å²) in [6.45, 7) is 5.51. The maximum Gasteiger partial charge on any atom is 0.317 e. The Kier molecular flexibility index (Phi) is 3.01. The van der Waals surface area contributed by atoms with E-state index in [1.165, 1.54) is 0 Å². The van der Waals surface area contributed by atoms with Crippen LogP contribution in [0.25, 0.3) is 0 Å². The van der Waals surface area contributed by atoms with Crippen molar-refractivity contribution in [3.8, 4) is 0 Å². The molecule has 1 aliphatic carbocycles. The third-order valence-corrected chi connectivity index (χ3v) is 3.11. The van der Waals surface area contributed by atoms with Gasteiger partial charge in [-0.2, -0.15) is 0 Å². The van der Waals surface area contributed by atoms with Crippen LogP contribution in [0.2, 0.25) is 0 Å². The second kappa shape index (κ2) is 4.23. The summed E-state index contributed by atoms with van der Waals surface area (Å²) in [5, 5.41) is 0. The van der Waals surface area contributed by atoms with E-state index in [-0.39, 0.29) is 24.6 Å². The van der Waals surface area contributed by atoms with Crippen molar-refractivity contribution in [2.75, 3.05) is 0 Å². The van der Waals surface area contributed by atoms with E-state index in [0.717, 1.165) is 5.56 Å². The summed E-state index contributed by atoms with van der Waals surface area (Å²) in [6.07, 6.45) is 0.512. The Morgan fingerprint density at radius 1 is 1.17 bits per heavy atom. The fraction of sp³-hybridized carbons (Fsp3) is 0.467. The summed E-state index contributed by atoms with van der Waals surface area (Å²) in [5.74, 6) is -0.175. The average Bonchev–Trinajstić information content (AvgIpc) is 2.23. The largest absolute Gasteiger partial charge is 0.459 e. The lowest BCUT2D eigenvalue weighted by Gasteiger charge is -2.40. The van der Waals surface area contributed by atoms with Crippen LogP contribution in [0.1, 0.15) is 39.2 Å². The Morgan fingerprint density at radius 3 is 2.17 bits per heavy atom. The molecule has 0 bridgehead atoms. The smallest absolute Gasteiger partial charge is 0.317 e. The van der Waals surface area contributed by atoms with Gasteiger partial charge in [0.1, 0.15) is 16.8 Å². The molecule has 1 aromatic carbocycles. The first-order valence-electron chi connectivity index (χ1n) is 6.14. The summed E-state index contributed by atoms with van der Waals surface area (Å²) < 4.78 is 5.46. The summed E-state index contributed by atoms with van der Waals surface area (Å²) >= 11 is 0. The van der Waals surface area contributed by atoms with Gasteiger partial charge in [0.2, 0.25) is 0 Å². The lowest BCUT2D eigenvalue weighted by atomic mass is 9.63. The number of Topliss-reactive ketones (excluding diaryl/α,β-unsaturated/α-hetero) is 1. The average molecular weight is 246 g/mol. The van der Waals surface area contributed by atoms with Gasteiger partial charge in [-0.1, -0.05) is 30.3 Å². The predicted molar refractivity (Wildman–Crippen MR) is 68.2 cm³/mol. The van der Waals surface area contributed by atoms with Gasteiger partial charge in [-0.05, 0) is 26.3 Å². The first-order valence-corrected chi connectivity index (χ1v) is 6.14. The summed E-state index contributed by atoms with van der Waals surface area (Å²) in [5.41, 5.74) is -0.415. The molecule has 1 aromatic rings. The van der Waals surface area contributed by atoms with Crippen molar-refractivity contribution in [2.45, 2.75) is 44.6 Å². The standard InChI is InChI=1S/C15H18O3/c1-14(2,3)18-13(17)15(9-12(16)10-15)11-7-5-4-6-8-11/h4-8H,9-10H2,1-3H3. The van der Waals surface area contributed by atoms with E-state index in [0.29, 0.717) is 0 Å². The van der Waals surface area contributed by atoms with Crippen LogP contribution in [0.4, 0.5) is 0 Å². The number of esters is 1. The molecule has 0 aliphatic heterocycles. The van der Waals surface area contributed by atoms with Gasteiger partial charge < -0.3 is 4.74 Å². The Balaban J connectivity index is 2.29. The number of carbonyl (C=O) groups excluding carboxylic acids is 2. The molecule has 18 heavy (non-hydrogen) atoms. The molecule has 0 atom stereocenters. The lowest BCUT2D eigenvalue weighted by molar-refractivity contribution is -0.169. The minimum atomic E-state index is -0.758. The number of benzene rings is 1. The molecular weight excluding hydrogens is 228 g/mol. The molecule has 3 heteroatoms. The molecule has 0 radical (unpaired) electrons. The number of ether oxygens (including phenoxy) is 1. The highest BCUT2D eigenvalue weighted by molar-refractivity contribution is 6.02. The molecule has 1 saturated carbocycles. The number of ketones is 1. The molecule has 96 valence electrons. The van der Waals surface area contributed by atoms with Crippen LogP contribution in [0.5, 0.6) is 0 Å². The molecule has 0 N–H and O–H groups in total. The van der Waals surface area contributed by atoms with E-state index in [4.69, 9.17) is 4.74 Å². The summed E-state index contributed by atoms with van der Waals surface area (Å²) in [4.78, 5) is 23.7. The molecule has 0 saturated heterocycles. The molecule has 1 fully saturated rings. The van der Waals surface area contributed by atoms with E-state index in [9.17, 15) is 9.59 Å². The van der Waals surface area contributed by atoms with Crippen LogP contribution < -0.4 is 0 Å². The second-order valence-electron chi connectivity index (χ2n) is 5.84. The molecule has 0 unspecified atom stereocenters. The van der Waals surface area contributed by atoms with Gasteiger partial charge >= 0.3 is 5.97 Å². The van der Waals surface area contributed by atoms with Crippen molar-refractivity contribution in [1.82, 2.24) is 0 Å². The zero-order valence-corrected chi connectivity index (χ0v) is 11.0. The van der Waals surface area contributed by atoms with Crippen LogP contribution in [0.15, 0.2) is 30.3 Å². The summed E-state index contributed by atoms with van der Waals surface area (Å²) in [7, 11) is 0. The lowest BCUT2D eigenvalue weighted by Crippen LogP contribution is -2.51. The summed E-state index contributed by atoms with van der Waals surface area (Å²) in [6, 6.07) is 9.42. The van der Waals surface area contributed by atoms with E-state index < -0.39 is 11.0 Å². The SMILES string of the molecule is CC(C)(C)OC(=O)C1(c2ccccc2)CC(=O)C1. The van der Waals surface area contributed by atoms with Crippen molar-refractivity contribution in [3.05, 3.63) is 35.9 Å². The quantitative estimate of drug-likeness (QED) is 0.753. The maximum atomic E-state index is 12.3. The van der Waals surface area contributed by atoms with E-state index in [1.807, 2.05) is 51.1 Å². The molecule has 0 amide bonds. The van der Waals surface area contributed by atoms with Gasteiger partial charge in [0, 0.05) is 12.8 Å². The van der Waals surface area contributed by atoms with Crippen molar-refractivity contribution < 1.29 is 14.3 Å². The molecule has 0 spiro atoms. The van der Waals surface area contributed by atoms with E-state index in [2.05, 4.69) is 0 Å². The maximum absolute atomic E-state index is 12.3. The molecule has 3 nitrogen and oxygen atoms in total.